The fourth-order valence-electron chi connectivity index (χ4n) is 2.20. The molecule has 1 atom stereocenters. The molecule has 0 heterocycles. The van der Waals surface area contributed by atoms with E-state index in [0.717, 1.165) is 16.2 Å². The normalized spacial score (nSPS) is 12.1. The Morgan fingerprint density at radius 3 is 2.57 bits per heavy atom. The van der Waals surface area contributed by atoms with Gasteiger partial charge in [0.05, 0.1) is 19.8 Å². The van der Waals surface area contributed by atoms with E-state index in [9.17, 15) is 5.11 Å². The molecule has 0 unspecified atom stereocenters. The van der Waals surface area contributed by atoms with Crippen LogP contribution >= 0.6 is 11.8 Å². The van der Waals surface area contributed by atoms with Gasteiger partial charge in [0.25, 0.3) is 0 Å². The number of methoxy groups -OCH3 is 1. The molecular formula is C17H21NO2S. The Bertz CT molecular complexity index is 560. The Hall–Kier alpha value is -1.49. The summed E-state index contributed by atoms with van der Waals surface area (Å²) in [6, 6.07) is 16.1. The third kappa shape index (κ3) is 4.24. The van der Waals surface area contributed by atoms with Crippen LogP contribution in [0, 0.1) is 0 Å². The lowest BCUT2D eigenvalue weighted by molar-refractivity contribution is 0.243. The van der Waals surface area contributed by atoms with Gasteiger partial charge in [0.2, 0.25) is 0 Å². The Kier molecular flexibility index (Phi) is 6.11. The van der Waals surface area contributed by atoms with Crippen LogP contribution in [0.3, 0.4) is 0 Å². The second kappa shape index (κ2) is 8.08. The Labute approximate surface area is 130 Å². The van der Waals surface area contributed by atoms with Crippen molar-refractivity contribution in [1.29, 1.82) is 0 Å². The van der Waals surface area contributed by atoms with Gasteiger partial charge >= 0.3 is 0 Å². The van der Waals surface area contributed by atoms with E-state index in [1.807, 2.05) is 48.7 Å². The molecule has 21 heavy (non-hydrogen) atoms. The molecule has 0 spiro atoms. The van der Waals surface area contributed by atoms with Gasteiger partial charge in [-0.1, -0.05) is 36.4 Å². The number of hydrogen-bond donors (Lipinski definition) is 2. The van der Waals surface area contributed by atoms with Gasteiger partial charge in [-0.15, -0.1) is 11.8 Å². The Morgan fingerprint density at radius 2 is 1.95 bits per heavy atom. The van der Waals surface area contributed by atoms with Crippen LogP contribution in [0.5, 0.6) is 5.75 Å². The Balaban J connectivity index is 2.05. The van der Waals surface area contributed by atoms with E-state index >= 15 is 0 Å². The zero-order valence-electron chi connectivity index (χ0n) is 12.4. The van der Waals surface area contributed by atoms with Crippen molar-refractivity contribution in [3.63, 3.8) is 0 Å². The molecule has 2 aromatic rings. The van der Waals surface area contributed by atoms with Crippen molar-refractivity contribution in [2.24, 2.45) is 0 Å². The molecule has 0 radical (unpaired) electrons. The molecule has 0 aliphatic carbocycles. The molecule has 0 amide bonds. The lowest BCUT2D eigenvalue weighted by Gasteiger charge is -2.17. The number of thioether (sulfide) groups is 1. The molecule has 0 aliphatic rings. The zero-order valence-corrected chi connectivity index (χ0v) is 13.2. The summed E-state index contributed by atoms with van der Waals surface area (Å²) in [6.07, 6.45) is 2.04. The maximum atomic E-state index is 9.55. The molecule has 3 nitrogen and oxygen atoms in total. The molecule has 2 N–H and O–H groups in total. The first kappa shape index (κ1) is 15.9. The third-order valence-corrected chi connectivity index (χ3v) is 4.14. The number of aliphatic hydroxyl groups is 1. The molecule has 0 bridgehead atoms. The standard InChI is InChI=1S/C17H21NO2S/c1-20-16-9-8-13(10-17(16)21-2)11-18-15(12-19)14-6-4-3-5-7-14/h3-10,15,18-19H,11-12H2,1-2H3/t15-/m1/s1. The van der Waals surface area contributed by atoms with Gasteiger partial charge in [-0.3, -0.25) is 0 Å². The van der Waals surface area contributed by atoms with Crippen LogP contribution < -0.4 is 10.1 Å². The lowest BCUT2D eigenvalue weighted by atomic mass is 10.1. The molecule has 0 aromatic heterocycles. The maximum absolute atomic E-state index is 9.55. The summed E-state index contributed by atoms with van der Waals surface area (Å²) in [5.41, 5.74) is 2.27. The molecule has 4 heteroatoms. The highest BCUT2D eigenvalue weighted by Crippen LogP contribution is 2.28. The van der Waals surface area contributed by atoms with E-state index in [1.165, 1.54) is 5.56 Å². The minimum Gasteiger partial charge on any atom is -0.496 e. The summed E-state index contributed by atoms with van der Waals surface area (Å²) in [6.45, 7) is 0.785. The number of ether oxygens (including phenoxy) is 1. The minimum atomic E-state index is -0.0500. The summed E-state index contributed by atoms with van der Waals surface area (Å²) < 4.78 is 5.33. The summed E-state index contributed by atoms with van der Waals surface area (Å²) in [7, 11) is 1.68. The fraction of sp³-hybridized carbons (Fsp3) is 0.294. The van der Waals surface area contributed by atoms with Gasteiger partial charge in [-0.2, -0.15) is 0 Å². The quantitative estimate of drug-likeness (QED) is 0.771. The second-order valence-electron chi connectivity index (χ2n) is 4.72. The van der Waals surface area contributed by atoms with E-state index in [4.69, 9.17) is 4.74 Å². The van der Waals surface area contributed by atoms with E-state index in [1.54, 1.807) is 18.9 Å². The molecule has 2 aromatic carbocycles. The van der Waals surface area contributed by atoms with Crippen LogP contribution in [-0.2, 0) is 6.54 Å². The minimum absolute atomic E-state index is 0.0500. The highest BCUT2D eigenvalue weighted by molar-refractivity contribution is 7.98. The summed E-state index contributed by atoms with van der Waals surface area (Å²) in [5, 5.41) is 12.9. The van der Waals surface area contributed by atoms with Crippen LogP contribution in [0.15, 0.2) is 53.4 Å². The first-order chi connectivity index (χ1) is 10.3. The van der Waals surface area contributed by atoms with Crippen molar-refractivity contribution >= 4 is 11.8 Å². The number of benzene rings is 2. The molecule has 112 valence electrons. The molecular weight excluding hydrogens is 282 g/mol. The van der Waals surface area contributed by atoms with Crippen molar-refractivity contribution in [3.8, 4) is 5.75 Å². The smallest absolute Gasteiger partial charge is 0.132 e. The average molecular weight is 303 g/mol. The van der Waals surface area contributed by atoms with E-state index in [2.05, 4.69) is 11.4 Å². The number of rotatable bonds is 7. The highest BCUT2D eigenvalue weighted by atomic mass is 32.2. The number of aliphatic hydroxyl groups excluding tert-OH is 1. The molecule has 0 saturated carbocycles. The van der Waals surface area contributed by atoms with Crippen LogP contribution in [0.1, 0.15) is 17.2 Å². The van der Waals surface area contributed by atoms with Gasteiger partial charge in [-0.05, 0) is 29.5 Å². The van der Waals surface area contributed by atoms with Gasteiger partial charge in [0.1, 0.15) is 5.75 Å². The van der Waals surface area contributed by atoms with Crippen LogP contribution in [0.25, 0.3) is 0 Å². The highest BCUT2D eigenvalue weighted by Gasteiger charge is 2.10. The largest absolute Gasteiger partial charge is 0.496 e. The summed E-state index contributed by atoms with van der Waals surface area (Å²) in [5.74, 6) is 0.896. The first-order valence-electron chi connectivity index (χ1n) is 6.88. The van der Waals surface area contributed by atoms with Crippen molar-refractivity contribution in [2.45, 2.75) is 17.5 Å². The average Bonchev–Trinajstić information content (AvgIpc) is 2.56. The molecule has 2 rings (SSSR count). The first-order valence-corrected chi connectivity index (χ1v) is 8.11. The van der Waals surface area contributed by atoms with Gasteiger partial charge in [-0.25, -0.2) is 0 Å². The van der Waals surface area contributed by atoms with Crippen molar-refractivity contribution in [2.75, 3.05) is 20.0 Å². The van der Waals surface area contributed by atoms with Gasteiger partial charge < -0.3 is 15.2 Å². The van der Waals surface area contributed by atoms with Gasteiger partial charge in [0, 0.05) is 11.4 Å². The van der Waals surface area contributed by atoms with Crippen molar-refractivity contribution in [1.82, 2.24) is 5.32 Å². The van der Waals surface area contributed by atoms with E-state index in [0.29, 0.717) is 6.54 Å². The SMILES string of the molecule is COc1ccc(CN[C@H](CO)c2ccccc2)cc1SC. The summed E-state index contributed by atoms with van der Waals surface area (Å²) >= 11 is 1.67. The van der Waals surface area contributed by atoms with Gasteiger partial charge in [0.15, 0.2) is 0 Å². The number of nitrogens with one attached hydrogen (secondary N) is 1. The second-order valence-corrected chi connectivity index (χ2v) is 5.56. The monoisotopic (exact) mass is 303 g/mol. The summed E-state index contributed by atoms with van der Waals surface area (Å²) in [4.78, 5) is 1.12. The Morgan fingerprint density at radius 1 is 1.19 bits per heavy atom. The van der Waals surface area contributed by atoms with Crippen LogP contribution in [-0.4, -0.2) is 25.1 Å². The zero-order chi connectivity index (χ0) is 15.1. The van der Waals surface area contributed by atoms with Crippen LogP contribution in [0.2, 0.25) is 0 Å². The predicted octanol–water partition coefficient (Wildman–Crippen LogP) is 3.24. The third-order valence-electron chi connectivity index (χ3n) is 3.39. The van der Waals surface area contributed by atoms with E-state index < -0.39 is 0 Å². The molecule has 0 fully saturated rings. The predicted molar refractivity (Wildman–Crippen MR) is 87.9 cm³/mol. The molecule has 0 saturated heterocycles. The maximum Gasteiger partial charge on any atom is 0.132 e. The van der Waals surface area contributed by atoms with Crippen molar-refractivity contribution in [3.05, 3.63) is 59.7 Å². The molecule has 0 aliphatic heterocycles. The van der Waals surface area contributed by atoms with Crippen LogP contribution in [0.4, 0.5) is 0 Å². The fourth-order valence-corrected chi connectivity index (χ4v) is 2.83. The van der Waals surface area contributed by atoms with Crippen molar-refractivity contribution < 1.29 is 9.84 Å². The lowest BCUT2D eigenvalue weighted by Crippen LogP contribution is -2.23. The number of hydrogen-bond acceptors (Lipinski definition) is 4. The van der Waals surface area contributed by atoms with E-state index in [-0.39, 0.29) is 12.6 Å². The topological polar surface area (TPSA) is 41.5 Å².